The van der Waals surface area contributed by atoms with Crippen molar-refractivity contribution in [2.24, 2.45) is 10.9 Å². The minimum atomic E-state index is -0.198. The van der Waals surface area contributed by atoms with Crippen LogP contribution in [0, 0.1) is 0 Å². The summed E-state index contributed by atoms with van der Waals surface area (Å²) in [6.45, 7) is 0.114. The second kappa shape index (κ2) is 6.69. The minimum absolute atomic E-state index is 0.0253. The molecule has 1 heterocycles. The van der Waals surface area contributed by atoms with E-state index in [2.05, 4.69) is 26.1 Å². The number of oxime groups is 1. The van der Waals surface area contributed by atoms with Gasteiger partial charge < -0.3 is 15.8 Å². The number of aromatic nitrogens is 1. The predicted octanol–water partition coefficient (Wildman–Crippen LogP) is 1.98. The molecule has 1 aliphatic rings. The number of amides is 1. The van der Waals surface area contributed by atoms with E-state index in [9.17, 15) is 4.79 Å². The van der Waals surface area contributed by atoms with Gasteiger partial charge in [0.25, 0.3) is 5.91 Å². The number of rotatable bonds is 4. The number of hydrogen-bond donors (Lipinski definition) is 2. The third-order valence-electron chi connectivity index (χ3n) is 3.45. The van der Waals surface area contributed by atoms with Crippen LogP contribution in [0.25, 0.3) is 0 Å². The molecule has 1 aliphatic carbocycles. The molecular weight excluding hydrogens is 324 g/mol. The van der Waals surface area contributed by atoms with E-state index in [4.69, 9.17) is 10.9 Å². The summed E-state index contributed by atoms with van der Waals surface area (Å²) in [7, 11) is 0. The molecule has 6 nitrogen and oxygen atoms in total. The Hall–Kier alpha value is -1.63. The average Bonchev–Trinajstić information content (AvgIpc) is 2.98. The van der Waals surface area contributed by atoms with Gasteiger partial charge in [0.1, 0.15) is 5.69 Å². The number of pyridine rings is 1. The smallest absolute Gasteiger partial charge is 0.274 e. The summed E-state index contributed by atoms with van der Waals surface area (Å²) in [5.74, 6) is -0.173. The molecule has 0 aromatic carbocycles. The van der Waals surface area contributed by atoms with E-state index in [0.717, 1.165) is 25.7 Å². The lowest BCUT2D eigenvalue weighted by Gasteiger charge is -2.28. The lowest BCUT2D eigenvalue weighted by atomic mass is 10.2. The van der Waals surface area contributed by atoms with Crippen LogP contribution >= 0.6 is 15.9 Å². The summed E-state index contributed by atoms with van der Waals surface area (Å²) in [4.78, 5) is 18.4. The van der Waals surface area contributed by atoms with Crippen molar-refractivity contribution < 1.29 is 10.0 Å². The molecule has 7 heteroatoms. The molecule has 2 rings (SSSR count). The Morgan fingerprint density at radius 1 is 1.55 bits per heavy atom. The van der Waals surface area contributed by atoms with E-state index < -0.39 is 0 Å². The fourth-order valence-corrected chi connectivity index (χ4v) is 2.89. The van der Waals surface area contributed by atoms with Gasteiger partial charge in [-0.2, -0.15) is 0 Å². The van der Waals surface area contributed by atoms with Crippen molar-refractivity contribution >= 4 is 27.7 Å². The van der Waals surface area contributed by atoms with Crippen molar-refractivity contribution in [3.63, 3.8) is 0 Å². The van der Waals surface area contributed by atoms with Crippen LogP contribution in [0.2, 0.25) is 0 Å². The fraction of sp³-hybridized carbons (Fsp3) is 0.462. The van der Waals surface area contributed by atoms with Crippen molar-refractivity contribution in [2.45, 2.75) is 31.7 Å². The Labute approximate surface area is 125 Å². The molecule has 0 spiro atoms. The molecule has 20 heavy (non-hydrogen) atoms. The van der Waals surface area contributed by atoms with Gasteiger partial charge in [-0.3, -0.25) is 4.79 Å². The van der Waals surface area contributed by atoms with Crippen molar-refractivity contribution in [1.29, 1.82) is 0 Å². The number of carbonyl (C=O) groups is 1. The van der Waals surface area contributed by atoms with Crippen molar-refractivity contribution in [2.75, 3.05) is 6.54 Å². The first kappa shape index (κ1) is 14.8. The molecule has 0 atom stereocenters. The number of hydrogen-bond acceptors (Lipinski definition) is 4. The monoisotopic (exact) mass is 340 g/mol. The standard InChI is InChI=1S/C13H17BrN4O2/c14-10-6-3-7-16-12(10)13(19)18(8-11(15)17-20)9-4-1-2-5-9/h3,6-7,9,20H,1-2,4-5,8H2,(H2,15,17). The van der Waals surface area contributed by atoms with Gasteiger partial charge in [0, 0.05) is 16.7 Å². The van der Waals surface area contributed by atoms with Gasteiger partial charge in [-0.1, -0.05) is 18.0 Å². The molecule has 1 aromatic heterocycles. The van der Waals surface area contributed by atoms with Crippen LogP contribution in [0.3, 0.4) is 0 Å². The van der Waals surface area contributed by atoms with Gasteiger partial charge in [-0.25, -0.2) is 4.98 Å². The molecule has 0 aliphatic heterocycles. The van der Waals surface area contributed by atoms with E-state index in [-0.39, 0.29) is 24.3 Å². The zero-order valence-electron chi connectivity index (χ0n) is 11.0. The van der Waals surface area contributed by atoms with Gasteiger partial charge in [-0.15, -0.1) is 0 Å². The molecular formula is C13H17BrN4O2. The van der Waals surface area contributed by atoms with Crippen molar-refractivity contribution in [3.8, 4) is 0 Å². The topological polar surface area (TPSA) is 91.8 Å². The summed E-state index contributed by atoms with van der Waals surface area (Å²) in [5, 5.41) is 11.7. The highest BCUT2D eigenvalue weighted by Crippen LogP contribution is 2.26. The van der Waals surface area contributed by atoms with Crippen LogP contribution in [0.5, 0.6) is 0 Å². The fourth-order valence-electron chi connectivity index (χ4n) is 2.47. The Bertz CT molecular complexity index is 515. The lowest BCUT2D eigenvalue weighted by Crippen LogP contribution is -2.44. The Morgan fingerprint density at radius 2 is 2.25 bits per heavy atom. The second-order valence-electron chi connectivity index (χ2n) is 4.80. The zero-order chi connectivity index (χ0) is 14.5. The third-order valence-corrected chi connectivity index (χ3v) is 4.09. The molecule has 0 bridgehead atoms. The summed E-state index contributed by atoms with van der Waals surface area (Å²) < 4.78 is 0.646. The highest BCUT2D eigenvalue weighted by Gasteiger charge is 2.29. The van der Waals surface area contributed by atoms with Crippen LogP contribution in [0.15, 0.2) is 28.0 Å². The van der Waals surface area contributed by atoms with Crippen LogP contribution < -0.4 is 5.73 Å². The number of nitrogens with two attached hydrogens (primary N) is 1. The third kappa shape index (κ3) is 3.27. The first-order chi connectivity index (χ1) is 9.63. The number of amidine groups is 1. The lowest BCUT2D eigenvalue weighted by molar-refractivity contribution is 0.0705. The van der Waals surface area contributed by atoms with Crippen LogP contribution in [-0.4, -0.2) is 39.4 Å². The number of nitrogens with zero attached hydrogens (tertiary/aromatic N) is 3. The Morgan fingerprint density at radius 3 is 2.85 bits per heavy atom. The molecule has 3 N–H and O–H groups in total. The van der Waals surface area contributed by atoms with E-state index in [1.165, 1.54) is 0 Å². The SMILES string of the molecule is N/C(CN(C(=O)c1ncccc1Br)C1CCCC1)=N/O. The molecule has 108 valence electrons. The van der Waals surface area contributed by atoms with E-state index >= 15 is 0 Å². The van der Waals surface area contributed by atoms with Gasteiger partial charge in [0.05, 0.1) is 6.54 Å². The molecule has 0 unspecified atom stereocenters. The summed E-state index contributed by atoms with van der Waals surface area (Å²) in [6, 6.07) is 3.65. The molecule has 1 fully saturated rings. The molecule has 1 saturated carbocycles. The first-order valence-corrected chi connectivity index (χ1v) is 7.30. The van der Waals surface area contributed by atoms with E-state index in [1.807, 2.05) is 0 Å². The van der Waals surface area contributed by atoms with Gasteiger partial charge in [-0.05, 0) is 40.9 Å². The van der Waals surface area contributed by atoms with E-state index in [0.29, 0.717) is 10.2 Å². The highest BCUT2D eigenvalue weighted by molar-refractivity contribution is 9.10. The molecule has 0 saturated heterocycles. The average molecular weight is 341 g/mol. The molecule has 1 aromatic rings. The second-order valence-corrected chi connectivity index (χ2v) is 5.65. The number of halogens is 1. The maximum atomic E-state index is 12.6. The normalized spacial score (nSPS) is 16.4. The van der Waals surface area contributed by atoms with Crippen molar-refractivity contribution in [1.82, 2.24) is 9.88 Å². The Kier molecular flexibility index (Phi) is 4.94. The quantitative estimate of drug-likeness (QED) is 0.379. The van der Waals surface area contributed by atoms with Crippen LogP contribution in [-0.2, 0) is 0 Å². The van der Waals surface area contributed by atoms with Gasteiger partial charge >= 0.3 is 0 Å². The maximum Gasteiger partial charge on any atom is 0.274 e. The van der Waals surface area contributed by atoms with Crippen molar-refractivity contribution in [3.05, 3.63) is 28.5 Å². The largest absolute Gasteiger partial charge is 0.409 e. The zero-order valence-corrected chi connectivity index (χ0v) is 12.6. The number of carbonyl (C=O) groups excluding carboxylic acids is 1. The summed E-state index contributed by atoms with van der Waals surface area (Å²) >= 11 is 3.34. The van der Waals surface area contributed by atoms with E-state index in [1.54, 1.807) is 23.2 Å². The minimum Gasteiger partial charge on any atom is -0.409 e. The summed E-state index contributed by atoms with van der Waals surface area (Å²) in [5.41, 5.74) is 5.92. The van der Waals surface area contributed by atoms with Crippen LogP contribution in [0.4, 0.5) is 0 Å². The highest BCUT2D eigenvalue weighted by atomic mass is 79.9. The van der Waals surface area contributed by atoms with Gasteiger partial charge in [0.2, 0.25) is 0 Å². The molecule has 1 amide bonds. The first-order valence-electron chi connectivity index (χ1n) is 6.51. The summed E-state index contributed by atoms with van der Waals surface area (Å²) in [6.07, 6.45) is 5.64. The predicted molar refractivity (Wildman–Crippen MR) is 78.6 cm³/mol. The van der Waals surface area contributed by atoms with Gasteiger partial charge in [0.15, 0.2) is 5.84 Å². The molecule has 0 radical (unpaired) electrons. The van der Waals surface area contributed by atoms with Crippen LogP contribution in [0.1, 0.15) is 36.2 Å². The Balaban J connectivity index is 2.25. The maximum absolute atomic E-state index is 12.6.